The normalized spacial score (nSPS) is 22.7. The highest BCUT2D eigenvalue weighted by molar-refractivity contribution is 5.95. The summed E-state index contributed by atoms with van der Waals surface area (Å²) in [6, 6.07) is 3.56. The third kappa shape index (κ3) is 6.64. The van der Waals surface area contributed by atoms with E-state index in [0.717, 1.165) is 19.2 Å². The Hall–Kier alpha value is -2.20. The van der Waals surface area contributed by atoms with E-state index in [1.807, 2.05) is 0 Å². The maximum absolute atomic E-state index is 14.1. The van der Waals surface area contributed by atoms with Crippen LogP contribution >= 0.6 is 0 Å². The Bertz CT molecular complexity index is 782. The van der Waals surface area contributed by atoms with E-state index in [1.165, 1.54) is 12.1 Å². The van der Waals surface area contributed by atoms with E-state index in [9.17, 15) is 27.2 Å². The van der Waals surface area contributed by atoms with Crippen LogP contribution in [0.3, 0.4) is 0 Å². The zero-order valence-electron chi connectivity index (χ0n) is 17.1. The molecule has 1 heterocycles. The topological polar surface area (TPSA) is 70.7 Å². The van der Waals surface area contributed by atoms with Gasteiger partial charge in [0.2, 0.25) is 11.8 Å². The van der Waals surface area contributed by atoms with Gasteiger partial charge >= 0.3 is 6.18 Å². The van der Waals surface area contributed by atoms with E-state index in [2.05, 4.69) is 15.5 Å². The Morgan fingerprint density at radius 1 is 1.10 bits per heavy atom. The summed E-state index contributed by atoms with van der Waals surface area (Å²) in [5.41, 5.74) is 0.0159. The van der Waals surface area contributed by atoms with Crippen molar-refractivity contribution >= 4 is 23.2 Å². The number of morpholine rings is 1. The molecule has 0 aromatic heterocycles. The Kier molecular flexibility index (Phi) is 7.88. The van der Waals surface area contributed by atoms with Gasteiger partial charge in [-0.1, -0.05) is 12.8 Å². The van der Waals surface area contributed by atoms with Gasteiger partial charge in [-0.3, -0.25) is 14.5 Å². The lowest BCUT2D eigenvalue weighted by Gasteiger charge is -2.32. The SMILES string of the molecule is O=C(CCN1CCOCC1)Nc1cc(NC(=O)C2CCCCC2C(F)(F)F)ccc1F. The van der Waals surface area contributed by atoms with Crippen LogP contribution in [0.4, 0.5) is 28.9 Å². The molecule has 1 aromatic carbocycles. The van der Waals surface area contributed by atoms with E-state index in [4.69, 9.17) is 4.74 Å². The molecule has 2 amide bonds. The number of carbonyl (C=O) groups excluding carboxylic acids is 2. The van der Waals surface area contributed by atoms with E-state index in [1.54, 1.807) is 0 Å². The Morgan fingerprint density at radius 3 is 2.52 bits per heavy atom. The Morgan fingerprint density at radius 2 is 1.81 bits per heavy atom. The number of amides is 2. The van der Waals surface area contributed by atoms with Gasteiger partial charge < -0.3 is 15.4 Å². The lowest BCUT2D eigenvalue weighted by molar-refractivity contribution is -0.197. The van der Waals surface area contributed by atoms with Crippen LogP contribution in [0.15, 0.2) is 18.2 Å². The molecule has 172 valence electrons. The summed E-state index contributed by atoms with van der Waals surface area (Å²) in [4.78, 5) is 26.8. The number of nitrogens with one attached hydrogen (secondary N) is 2. The first-order valence-corrected chi connectivity index (χ1v) is 10.5. The number of alkyl halides is 3. The molecule has 2 fully saturated rings. The maximum atomic E-state index is 14.1. The molecule has 0 spiro atoms. The molecule has 1 aliphatic carbocycles. The first-order chi connectivity index (χ1) is 14.7. The minimum atomic E-state index is -4.44. The van der Waals surface area contributed by atoms with Gasteiger partial charge in [-0.15, -0.1) is 0 Å². The van der Waals surface area contributed by atoms with Crippen molar-refractivity contribution in [1.82, 2.24) is 4.90 Å². The van der Waals surface area contributed by atoms with E-state index < -0.39 is 35.6 Å². The number of nitrogens with zero attached hydrogens (tertiary/aromatic N) is 1. The van der Waals surface area contributed by atoms with Crippen LogP contribution in [0.5, 0.6) is 0 Å². The third-order valence-electron chi connectivity index (χ3n) is 5.79. The molecule has 1 aliphatic heterocycles. The van der Waals surface area contributed by atoms with Crippen LogP contribution in [-0.4, -0.2) is 55.7 Å². The molecule has 1 aromatic rings. The van der Waals surface area contributed by atoms with Gasteiger partial charge in [0.1, 0.15) is 5.82 Å². The summed E-state index contributed by atoms with van der Waals surface area (Å²) in [5, 5.41) is 4.93. The average Bonchev–Trinajstić information content (AvgIpc) is 2.75. The highest BCUT2D eigenvalue weighted by Crippen LogP contribution is 2.42. The fraction of sp³-hybridized carbons (Fsp3) is 0.619. The second kappa shape index (κ2) is 10.4. The molecule has 0 radical (unpaired) electrons. The number of anilines is 2. The third-order valence-corrected chi connectivity index (χ3v) is 5.79. The number of carbonyl (C=O) groups is 2. The summed E-state index contributed by atoms with van der Waals surface area (Å²) in [5.74, 6) is -4.67. The molecule has 2 aliphatic rings. The minimum Gasteiger partial charge on any atom is -0.379 e. The fourth-order valence-corrected chi connectivity index (χ4v) is 4.07. The van der Waals surface area contributed by atoms with E-state index in [-0.39, 0.29) is 30.6 Å². The van der Waals surface area contributed by atoms with Crippen molar-refractivity contribution in [2.45, 2.75) is 38.3 Å². The van der Waals surface area contributed by atoms with Crippen LogP contribution in [0.1, 0.15) is 32.1 Å². The number of rotatable bonds is 6. The maximum Gasteiger partial charge on any atom is 0.392 e. The lowest BCUT2D eigenvalue weighted by Crippen LogP contribution is -2.39. The van der Waals surface area contributed by atoms with Crippen LogP contribution in [0.2, 0.25) is 0 Å². The first-order valence-electron chi connectivity index (χ1n) is 10.5. The van der Waals surface area contributed by atoms with Crippen LogP contribution in [-0.2, 0) is 14.3 Å². The summed E-state index contributed by atoms with van der Waals surface area (Å²) >= 11 is 0. The molecule has 2 N–H and O–H groups in total. The quantitative estimate of drug-likeness (QED) is 0.654. The largest absolute Gasteiger partial charge is 0.392 e. The average molecular weight is 445 g/mol. The van der Waals surface area contributed by atoms with Crippen molar-refractivity contribution in [1.29, 1.82) is 0 Å². The molecule has 2 unspecified atom stereocenters. The van der Waals surface area contributed by atoms with Crippen molar-refractivity contribution in [3.05, 3.63) is 24.0 Å². The van der Waals surface area contributed by atoms with Gasteiger partial charge in [0.05, 0.1) is 24.8 Å². The number of halogens is 4. The van der Waals surface area contributed by atoms with Crippen molar-refractivity contribution in [3.63, 3.8) is 0 Å². The Balaban J connectivity index is 1.59. The fourth-order valence-electron chi connectivity index (χ4n) is 4.07. The smallest absolute Gasteiger partial charge is 0.379 e. The molecule has 1 saturated carbocycles. The standard InChI is InChI=1S/C21H27F4N3O3/c22-17-6-5-14(26-20(30)15-3-1-2-4-16(15)21(23,24)25)13-18(17)27-19(29)7-8-28-9-11-31-12-10-28/h5-6,13,15-16H,1-4,7-12H2,(H,26,30)(H,27,29). The second-order valence-corrected chi connectivity index (χ2v) is 7.98. The minimum absolute atomic E-state index is 0.0740. The van der Waals surface area contributed by atoms with Crippen molar-refractivity contribution in [3.8, 4) is 0 Å². The van der Waals surface area contributed by atoms with Crippen molar-refractivity contribution in [2.75, 3.05) is 43.5 Å². The molecule has 6 nitrogen and oxygen atoms in total. The molecule has 0 bridgehead atoms. The molecule has 2 atom stereocenters. The number of ether oxygens (including phenoxy) is 1. The predicted molar refractivity (Wildman–Crippen MR) is 107 cm³/mol. The second-order valence-electron chi connectivity index (χ2n) is 7.98. The zero-order chi connectivity index (χ0) is 22.4. The molecule has 31 heavy (non-hydrogen) atoms. The number of hydrogen-bond donors (Lipinski definition) is 2. The molecular weight excluding hydrogens is 418 g/mol. The monoisotopic (exact) mass is 445 g/mol. The van der Waals surface area contributed by atoms with Gasteiger partial charge in [-0.2, -0.15) is 13.2 Å². The Labute approximate surface area is 178 Å². The summed E-state index contributed by atoms with van der Waals surface area (Å²) in [6.45, 7) is 3.17. The van der Waals surface area contributed by atoms with Crippen molar-refractivity contribution < 1.29 is 31.9 Å². The van der Waals surface area contributed by atoms with Crippen LogP contribution < -0.4 is 10.6 Å². The van der Waals surface area contributed by atoms with Gasteiger partial charge in [0, 0.05) is 37.7 Å². The van der Waals surface area contributed by atoms with Gasteiger partial charge in [-0.25, -0.2) is 4.39 Å². The van der Waals surface area contributed by atoms with Gasteiger partial charge in [0.15, 0.2) is 0 Å². The molecule has 1 saturated heterocycles. The highest BCUT2D eigenvalue weighted by atomic mass is 19.4. The molecule has 3 rings (SSSR count). The molecule has 10 heteroatoms. The zero-order valence-corrected chi connectivity index (χ0v) is 17.1. The van der Waals surface area contributed by atoms with Gasteiger partial charge in [0.25, 0.3) is 0 Å². The van der Waals surface area contributed by atoms with E-state index in [0.29, 0.717) is 32.6 Å². The van der Waals surface area contributed by atoms with Crippen molar-refractivity contribution in [2.24, 2.45) is 11.8 Å². The summed E-state index contributed by atoms with van der Waals surface area (Å²) in [7, 11) is 0. The highest BCUT2D eigenvalue weighted by Gasteiger charge is 2.48. The van der Waals surface area contributed by atoms with Crippen LogP contribution in [0.25, 0.3) is 0 Å². The van der Waals surface area contributed by atoms with E-state index >= 15 is 0 Å². The lowest BCUT2D eigenvalue weighted by atomic mass is 9.78. The number of hydrogen-bond acceptors (Lipinski definition) is 4. The summed E-state index contributed by atoms with van der Waals surface area (Å²) < 4.78 is 59.2. The summed E-state index contributed by atoms with van der Waals surface area (Å²) in [6.07, 6.45) is -3.21. The van der Waals surface area contributed by atoms with Crippen LogP contribution in [0, 0.1) is 17.7 Å². The number of benzene rings is 1. The predicted octanol–water partition coefficient (Wildman–Crippen LogP) is 3.79. The van der Waals surface area contributed by atoms with Gasteiger partial charge in [-0.05, 0) is 31.0 Å². The molecular formula is C21H27F4N3O3. The first kappa shape index (κ1) is 23.5.